The van der Waals surface area contributed by atoms with Crippen LogP contribution in [0.5, 0.6) is 0 Å². The van der Waals surface area contributed by atoms with Crippen LogP contribution >= 0.6 is 0 Å². The minimum Gasteiger partial charge on any atom is -0.238 e. The van der Waals surface area contributed by atoms with E-state index in [1.807, 2.05) is 0 Å². The van der Waals surface area contributed by atoms with Gasteiger partial charge in [-0.15, -0.1) is 0 Å². The van der Waals surface area contributed by atoms with Crippen LogP contribution in [0.1, 0.15) is 13.8 Å². The highest BCUT2D eigenvalue weighted by atomic mass is 19.2. The molecular formula is C4H7F2O. The maximum Gasteiger partial charge on any atom is 0.264 e. The van der Waals surface area contributed by atoms with Crippen LogP contribution in [0.4, 0.5) is 8.78 Å². The molecule has 0 aliphatic carbocycles. The lowest BCUT2D eigenvalue weighted by atomic mass is 10.2. The van der Waals surface area contributed by atoms with Crippen LogP contribution in [0.3, 0.4) is 0 Å². The fourth-order valence-corrected chi connectivity index (χ4v) is 0. The molecule has 1 radical (unpaired) electrons. The van der Waals surface area contributed by atoms with Gasteiger partial charge in [0.1, 0.15) is 0 Å². The van der Waals surface area contributed by atoms with E-state index in [1.54, 1.807) is 0 Å². The molecule has 1 unspecified atom stereocenters. The second-order valence-electron chi connectivity index (χ2n) is 1.88. The highest BCUT2D eigenvalue weighted by Crippen LogP contribution is 2.14. The molecule has 0 rings (SSSR count). The first-order valence-corrected chi connectivity index (χ1v) is 1.93. The number of hydrogen-bond acceptors (Lipinski definition) is 0. The van der Waals surface area contributed by atoms with Crippen molar-refractivity contribution in [3.63, 3.8) is 0 Å². The molecule has 0 bridgehead atoms. The first-order chi connectivity index (χ1) is 2.94. The maximum absolute atomic E-state index is 11.8. The molecule has 0 aromatic carbocycles. The van der Waals surface area contributed by atoms with Crippen LogP contribution in [-0.2, 0) is 5.11 Å². The van der Waals surface area contributed by atoms with Crippen LogP contribution in [0.25, 0.3) is 0 Å². The first kappa shape index (κ1) is 6.82. The van der Waals surface area contributed by atoms with Gasteiger partial charge in [0.2, 0.25) is 0 Å². The monoisotopic (exact) mass is 109 g/mol. The summed E-state index contributed by atoms with van der Waals surface area (Å²) in [6.07, 6.45) is -2.62. The summed E-state index contributed by atoms with van der Waals surface area (Å²) in [6.45, 7) is 1.81. The van der Waals surface area contributed by atoms with E-state index in [4.69, 9.17) is 0 Å². The van der Waals surface area contributed by atoms with Gasteiger partial charge in [-0.25, -0.2) is 8.78 Å². The summed E-state index contributed by atoms with van der Waals surface area (Å²) in [5.74, 6) is 0. The van der Waals surface area contributed by atoms with Crippen molar-refractivity contribution >= 4 is 0 Å². The van der Waals surface area contributed by atoms with Gasteiger partial charge in [0.05, 0.1) is 0 Å². The van der Waals surface area contributed by atoms with Crippen molar-refractivity contribution < 1.29 is 13.9 Å². The van der Waals surface area contributed by atoms with Gasteiger partial charge in [0.15, 0.2) is 5.67 Å². The van der Waals surface area contributed by atoms with Crippen molar-refractivity contribution in [2.75, 3.05) is 0 Å². The van der Waals surface area contributed by atoms with E-state index in [-0.39, 0.29) is 0 Å². The molecule has 0 heterocycles. The smallest absolute Gasteiger partial charge is 0.238 e. The molecule has 0 aliphatic heterocycles. The van der Waals surface area contributed by atoms with Gasteiger partial charge < -0.3 is 0 Å². The summed E-state index contributed by atoms with van der Waals surface area (Å²) in [5.41, 5.74) is -2.22. The summed E-state index contributed by atoms with van der Waals surface area (Å²) >= 11 is 0. The predicted molar refractivity (Wildman–Crippen MR) is 20.8 cm³/mol. The van der Waals surface area contributed by atoms with Gasteiger partial charge in [-0.3, -0.25) is 0 Å². The van der Waals surface area contributed by atoms with Crippen LogP contribution in [0.2, 0.25) is 0 Å². The minimum absolute atomic E-state index is 0.907. The predicted octanol–water partition coefficient (Wildman–Crippen LogP) is 1.46. The largest absolute Gasteiger partial charge is 0.264 e. The molecule has 0 saturated heterocycles. The quantitative estimate of drug-likeness (QED) is 0.485. The first-order valence-electron chi connectivity index (χ1n) is 1.93. The van der Waals surface area contributed by atoms with Crippen LogP contribution in [0, 0.1) is 0 Å². The van der Waals surface area contributed by atoms with Crippen LogP contribution in [0.15, 0.2) is 0 Å². The second-order valence-corrected chi connectivity index (χ2v) is 1.88. The van der Waals surface area contributed by atoms with Gasteiger partial charge in [0.25, 0.3) is 6.36 Å². The molecule has 0 aromatic rings. The van der Waals surface area contributed by atoms with Gasteiger partial charge in [-0.2, -0.15) is 5.11 Å². The lowest BCUT2D eigenvalue weighted by molar-refractivity contribution is -0.116. The molecular weight excluding hydrogens is 102 g/mol. The standard InChI is InChI=1S/C4H7F2O/c1-4(2,6)3(5)7/h3H,1-2H3. The third-order valence-electron chi connectivity index (χ3n) is 0.540. The van der Waals surface area contributed by atoms with E-state index in [9.17, 15) is 13.9 Å². The molecule has 43 valence electrons. The summed E-state index contributed by atoms with van der Waals surface area (Å²) in [4.78, 5) is 0. The van der Waals surface area contributed by atoms with Crippen molar-refractivity contribution in [1.82, 2.24) is 0 Å². The van der Waals surface area contributed by atoms with Crippen molar-refractivity contribution in [2.24, 2.45) is 0 Å². The molecule has 1 nitrogen and oxygen atoms in total. The van der Waals surface area contributed by atoms with E-state index in [0.717, 1.165) is 13.8 Å². The lowest BCUT2D eigenvalue weighted by Crippen LogP contribution is -2.25. The number of halogens is 2. The number of rotatable bonds is 1. The molecule has 7 heavy (non-hydrogen) atoms. The highest BCUT2D eigenvalue weighted by molar-refractivity contribution is 4.66. The van der Waals surface area contributed by atoms with Crippen LogP contribution in [-0.4, -0.2) is 12.0 Å². The number of alkyl halides is 2. The Hall–Kier alpha value is -0.180. The molecule has 0 spiro atoms. The lowest BCUT2D eigenvalue weighted by Gasteiger charge is -2.10. The van der Waals surface area contributed by atoms with Crippen molar-refractivity contribution in [3.05, 3.63) is 0 Å². The molecule has 0 aromatic heterocycles. The molecule has 0 amide bonds. The topological polar surface area (TPSA) is 19.9 Å². The zero-order valence-electron chi connectivity index (χ0n) is 4.24. The average molecular weight is 109 g/mol. The SMILES string of the molecule is CC(C)(F)C([O])F. The third-order valence-corrected chi connectivity index (χ3v) is 0.540. The Morgan fingerprint density at radius 1 is 1.57 bits per heavy atom. The van der Waals surface area contributed by atoms with E-state index in [2.05, 4.69) is 0 Å². The van der Waals surface area contributed by atoms with Crippen molar-refractivity contribution in [1.29, 1.82) is 0 Å². The fourth-order valence-electron chi connectivity index (χ4n) is 0. The van der Waals surface area contributed by atoms with Gasteiger partial charge in [-0.05, 0) is 13.8 Å². The van der Waals surface area contributed by atoms with Crippen LogP contribution < -0.4 is 0 Å². The Morgan fingerprint density at radius 3 is 1.71 bits per heavy atom. The second kappa shape index (κ2) is 1.74. The zero-order chi connectivity index (χ0) is 6.08. The highest BCUT2D eigenvalue weighted by Gasteiger charge is 2.27. The van der Waals surface area contributed by atoms with Gasteiger partial charge in [-0.1, -0.05) is 0 Å². The molecule has 0 N–H and O–H groups in total. The Kier molecular flexibility index (Phi) is 1.69. The molecule has 0 fully saturated rings. The van der Waals surface area contributed by atoms with E-state index >= 15 is 0 Å². The fraction of sp³-hybridized carbons (Fsp3) is 1.00. The third kappa shape index (κ3) is 2.51. The summed E-state index contributed by atoms with van der Waals surface area (Å²) in [6, 6.07) is 0. The van der Waals surface area contributed by atoms with Gasteiger partial charge in [0, 0.05) is 0 Å². The van der Waals surface area contributed by atoms with E-state index < -0.39 is 12.0 Å². The molecule has 0 aliphatic rings. The van der Waals surface area contributed by atoms with E-state index in [1.165, 1.54) is 0 Å². The Bertz CT molecular complexity index is 55.2. The molecule has 0 saturated carbocycles. The van der Waals surface area contributed by atoms with E-state index in [0.29, 0.717) is 0 Å². The number of hydrogen-bond donors (Lipinski definition) is 0. The molecule has 1 atom stereocenters. The summed E-state index contributed by atoms with van der Waals surface area (Å²) in [7, 11) is 0. The Labute approximate surface area is 41.0 Å². The normalized spacial score (nSPS) is 16.7. The average Bonchev–Trinajstić information content (AvgIpc) is 1.31. The summed E-state index contributed by atoms with van der Waals surface area (Å²) < 4.78 is 23.1. The Morgan fingerprint density at radius 2 is 1.71 bits per heavy atom. The zero-order valence-corrected chi connectivity index (χ0v) is 4.24. The Balaban J connectivity index is 3.54. The minimum atomic E-state index is -2.62. The van der Waals surface area contributed by atoms with Crippen molar-refractivity contribution in [2.45, 2.75) is 25.9 Å². The van der Waals surface area contributed by atoms with Gasteiger partial charge >= 0.3 is 0 Å². The van der Waals surface area contributed by atoms with Crippen molar-refractivity contribution in [3.8, 4) is 0 Å². The summed E-state index contributed by atoms with van der Waals surface area (Å²) in [5, 5.41) is 9.51. The molecule has 3 heteroatoms. The maximum atomic E-state index is 11.8.